The third-order valence-electron chi connectivity index (χ3n) is 3.16. The van der Waals surface area contributed by atoms with Crippen molar-refractivity contribution in [1.29, 1.82) is 0 Å². The predicted molar refractivity (Wildman–Crippen MR) is 92.7 cm³/mol. The predicted octanol–water partition coefficient (Wildman–Crippen LogP) is 2.65. The van der Waals surface area contributed by atoms with E-state index in [9.17, 15) is 0 Å². The smallest absolute Gasteiger partial charge is 0.106 e. The van der Waals surface area contributed by atoms with Gasteiger partial charge in [-0.05, 0) is 44.6 Å². The lowest BCUT2D eigenvalue weighted by atomic mass is 10.1. The van der Waals surface area contributed by atoms with Gasteiger partial charge in [-0.3, -0.25) is 0 Å². The minimum atomic E-state index is 0.471. The molecule has 0 radical (unpaired) electrons. The summed E-state index contributed by atoms with van der Waals surface area (Å²) in [6, 6.07) is 6.29. The van der Waals surface area contributed by atoms with Crippen LogP contribution in [0.25, 0.3) is 0 Å². The van der Waals surface area contributed by atoms with E-state index in [0.29, 0.717) is 10.9 Å². The Hall–Kier alpha value is -1.13. The molecular formula is C16H27N3S. The van der Waals surface area contributed by atoms with Gasteiger partial charge in [0.2, 0.25) is 0 Å². The number of nitrogens with two attached hydrogens (primary N) is 1. The summed E-state index contributed by atoms with van der Waals surface area (Å²) in [7, 11) is 4.19. The van der Waals surface area contributed by atoms with Crippen molar-refractivity contribution >= 4 is 22.9 Å². The van der Waals surface area contributed by atoms with E-state index in [0.717, 1.165) is 30.9 Å². The molecule has 0 aliphatic rings. The highest BCUT2D eigenvalue weighted by Crippen LogP contribution is 2.23. The van der Waals surface area contributed by atoms with Gasteiger partial charge in [-0.15, -0.1) is 0 Å². The quantitative estimate of drug-likeness (QED) is 0.784. The fourth-order valence-corrected chi connectivity index (χ4v) is 2.36. The maximum Gasteiger partial charge on any atom is 0.106 e. The van der Waals surface area contributed by atoms with Crippen LogP contribution in [0.5, 0.6) is 0 Å². The molecule has 0 atom stereocenters. The van der Waals surface area contributed by atoms with E-state index in [4.69, 9.17) is 18.0 Å². The lowest BCUT2D eigenvalue weighted by Crippen LogP contribution is -2.35. The van der Waals surface area contributed by atoms with Gasteiger partial charge >= 0.3 is 0 Å². The van der Waals surface area contributed by atoms with Crippen molar-refractivity contribution in [2.75, 3.05) is 38.6 Å². The van der Waals surface area contributed by atoms with Crippen molar-refractivity contribution in [3.05, 3.63) is 29.3 Å². The van der Waals surface area contributed by atoms with Crippen LogP contribution in [0.2, 0.25) is 0 Å². The van der Waals surface area contributed by atoms with Gasteiger partial charge in [-0.25, -0.2) is 0 Å². The van der Waals surface area contributed by atoms with Gasteiger partial charge in [0.25, 0.3) is 0 Å². The van der Waals surface area contributed by atoms with E-state index in [2.05, 4.69) is 56.8 Å². The number of rotatable bonds is 7. The molecular weight excluding hydrogens is 266 g/mol. The second-order valence-corrected chi connectivity index (χ2v) is 6.47. The highest BCUT2D eigenvalue weighted by Gasteiger charge is 2.14. The number of nitrogens with zero attached hydrogens (tertiary/aromatic N) is 2. The van der Waals surface area contributed by atoms with Crippen LogP contribution >= 0.6 is 12.2 Å². The van der Waals surface area contributed by atoms with Gasteiger partial charge in [0.15, 0.2) is 0 Å². The highest BCUT2D eigenvalue weighted by molar-refractivity contribution is 7.80. The Morgan fingerprint density at radius 2 is 1.90 bits per heavy atom. The summed E-state index contributed by atoms with van der Waals surface area (Å²) >= 11 is 5.20. The van der Waals surface area contributed by atoms with Crippen LogP contribution < -0.4 is 10.6 Å². The maximum atomic E-state index is 5.88. The first-order valence-corrected chi connectivity index (χ1v) is 7.52. The van der Waals surface area contributed by atoms with Gasteiger partial charge in [0.05, 0.1) is 0 Å². The summed E-state index contributed by atoms with van der Waals surface area (Å²) in [5.41, 5.74) is 9.26. The van der Waals surface area contributed by atoms with E-state index < -0.39 is 0 Å². The summed E-state index contributed by atoms with van der Waals surface area (Å²) < 4.78 is 0. The first kappa shape index (κ1) is 16.9. The van der Waals surface area contributed by atoms with Gasteiger partial charge in [0.1, 0.15) is 4.99 Å². The highest BCUT2D eigenvalue weighted by atomic mass is 32.1. The van der Waals surface area contributed by atoms with Gasteiger partial charge in [-0.1, -0.05) is 32.1 Å². The molecule has 0 spiro atoms. The van der Waals surface area contributed by atoms with E-state index >= 15 is 0 Å². The van der Waals surface area contributed by atoms with Crippen molar-refractivity contribution in [3.63, 3.8) is 0 Å². The Kier molecular flexibility index (Phi) is 6.43. The molecule has 0 saturated carbocycles. The second kappa shape index (κ2) is 7.60. The van der Waals surface area contributed by atoms with E-state index in [1.807, 2.05) is 6.07 Å². The summed E-state index contributed by atoms with van der Waals surface area (Å²) in [6.45, 7) is 9.57. The Morgan fingerprint density at radius 1 is 1.25 bits per heavy atom. The Labute approximate surface area is 128 Å². The first-order valence-electron chi connectivity index (χ1n) is 7.11. The Bertz CT molecular complexity index is 455. The molecule has 0 unspecified atom stereocenters. The molecule has 0 fully saturated rings. The zero-order chi connectivity index (χ0) is 15.3. The molecule has 4 heteroatoms. The number of aryl methyl sites for hydroxylation is 1. The molecule has 0 aromatic heterocycles. The third-order valence-corrected chi connectivity index (χ3v) is 3.38. The van der Waals surface area contributed by atoms with Crippen molar-refractivity contribution in [2.45, 2.75) is 20.8 Å². The lowest BCUT2D eigenvalue weighted by Gasteiger charge is -2.30. The van der Waals surface area contributed by atoms with Crippen LogP contribution in [0.15, 0.2) is 18.2 Å². The molecule has 0 saturated heterocycles. The van der Waals surface area contributed by atoms with E-state index in [1.165, 1.54) is 5.56 Å². The van der Waals surface area contributed by atoms with Crippen LogP contribution in [-0.2, 0) is 0 Å². The van der Waals surface area contributed by atoms with Crippen LogP contribution in [0.3, 0.4) is 0 Å². The average Bonchev–Trinajstić information content (AvgIpc) is 2.33. The number of benzene rings is 1. The summed E-state index contributed by atoms with van der Waals surface area (Å²) in [6.07, 6.45) is 0. The molecule has 0 bridgehead atoms. The zero-order valence-electron chi connectivity index (χ0n) is 13.3. The topological polar surface area (TPSA) is 32.5 Å². The fourth-order valence-electron chi connectivity index (χ4n) is 2.18. The SMILES string of the molecule is Cc1ccc(C(N)=S)c(N(CCN(C)C)CC(C)C)c1. The largest absolute Gasteiger partial charge is 0.389 e. The van der Waals surface area contributed by atoms with Gasteiger partial charge in [0, 0.05) is 30.9 Å². The molecule has 0 aliphatic heterocycles. The molecule has 0 heterocycles. The number of hydrogen-bond donors (Lipinski definition) is 1. The maximum absolute atomic E-state index is 5.88. The Balaban J connectivity index is 3.10. The fraction of sp³-hybridized carbons (Fsp3) is 0.562. The number of likely N-dealkylation sites (N-methyl/N-ethyl adjacent to an activating group) is 1. The van der Waals surface area contributed by atoms with Crippen molar-refractivity contribution < 1.29 is 0 Å². The summed E-state index contributed by atoms with van der Waals surface area (Å²) in [4.78, 5) is 5.06. The molecule has 3 nitrogen and oxygen atoms in total. The minimum absolute atomic E-state index is 0.471. The number of anilines is 1. The second-order valence-electron chi connectivity index (χ2n) is 6.03. The third kappa shape index (κ3) is 5.10. The summed E-state index contributed by atoms with van der Waals surface area (Å²) in [5.74, 6) is 0.594. The number of thiocarbonyl (C=S) groups is 1. The summed E-state index contributed by atoms with van der Waals surface area (Å²) in [5, 5.41) is 0. The van der Waals surface area contributed by atoms with Gasteiger partial charge < -0.3 is 15.5 Å². The van der Waals surface area contributed by atoms with E-state index in [-0.39, 0.29) is 0 Å². The van der Waals surface area contributed by atoms with Crippen LogP contribution in [0, 0.1) is 12.8 Å². The monoisotopic (exact) mass is 293 g/mol. The Morgan fingerprint density at radius 3 is 2.40 bits per heavy atom. The normalized spacial score (nSPS) is 11.2. The molecule has 0 amide bonds. The molecule has 2 N–H and O–H groups in total. The van der Waals surface area contributed by atoms with Crippen LogP contribution in [-0.4, -0.2) is 43.6 Å². The van der Waals surface area contributed by atoms with Crippen LogP contribution in [0.1, 0.15) is 25.0 Å². The average molecular weight is 293 g/mol. The zero-order valence-corrected chi connectivity index (χ0v) is 14.1. The first-order chi connectivity index (χ1) is 9.31. The molecule has 0 aliphatic carbocycles. The molecule has 112 valence electrons. The minimum Gasteiger partial charge on any atom is -0.389 e. The lowest BCUT2D eigenvalue weighted by molar-refractivity contribution is 0.409. The van der Waals surface area contributed by atoms with Crippen LogP contribution in [0.4, 0.5) is 5.69 Å². The molecule has 1 aromatic rings. The molecule has 1 aromatic carbocycles. The number of hydrogen-bond acceptors (Lipinski definition) is 3. The van der Waals surface area contributed by atoms with E-state index in [1.54, 1.807) is 0 Å². The molecule has 20 heavy (non-hydrogen) atoms. The van der Waals surface area contributed by atoms with Crippen molar-refractivity contribution in [1.82, 2.24) is 4.90 Å². The standard InChI is InChI=1S/C16H27N3S/c1-12(2)11-19(9-8-18(4)5)15-10-13(3)6-7-14(15)16(17)20/h6-7,10,12H,8-9,11H2,1-5H3,(H2,17,20). The van der Waals surface area contributed by atoms with Crippen molar-refractivity contribution in [3.8, 4) is 0 Å². The van der Waals surface area contributed by atoms with Crippen molar-refractivity contribution in [2.24, 2.45) is 11.7 Å². The van der Waals surface area contributed by atoms with Gasteiger partial charge in [-0.2, -0.15) is 0 Å². The molecule has 1 rings (SSSR count).